The normalized spacial score (nSPS) is 22.1. The van der Waals surface area contributed by atoms with Crippen LogP contribution < -0.4 is 5.46 Å². The number of rotatable bonds is 3. The number of aryl methyl sites for hydroxylation is 1. The maximum Gasteiger partial charge on any atom is 0.494 e. The molecule has 1 saturated heterocycles. The lowest BCUT2D eigenvalue weighted by molar-refractivity contribution is 0.00578. The van der Waals surface area contributed by atoms with Gasteiger partial charge in [0, 0.05) is 12.8 Å². The van der Waals surface area contributed by atoms with E-state index in [1.807, 2.05) is 26.0 Å². The van der Waals surface area contributed by atoms with Crippen molar-refractivity contribution in [3.05, 3.63) is 23.5 Å². The Kier molecular flexibility index (Phi) is 3.97. The number of aromatic nitrogens is 1. The van der Waals surface area contributed by atoms with Crippen molar-refractivity contribution >= 4 is 12.6 Å². The van der Waals surface area contributed by atoms with Crippen molar-refractivity contribution in [2.24, 2.45) is 0 Å². The van der Waals surface area contributed by atoms with Crippen molar-refractivity contribution in [2.45, 2.75) is 58.8 Å². The lowest BCUT2D eigenvalue weighted by Gasteiger charge is -2.32. The third-order valence-corrected chi connectivity index (χ3v) is 4.29. The van der Waals surface area contributed by atoms with E-state index in [2.05, 4.69) is 32.7 Å². The molecule has 0 saturated carbocycles. The molecule has 0 aliphatic carbocycles. The van der Waals surface area contributed by atoms with Crippen LogP contribution >= 0.6 is 0 Å². The summed E-state index contributed by atoms with van der Waals surface area (Å²) in [6, 6.07) is 4.01. The van der Waals surface area contributed by atoms with E-state index in [4.69, 9.17) is 14.0 Å². The molecule has 2 heterocycles. The second-order valence-electron chi connectivity index (χ2n) is 6.43. The van der Waals surface area contributed by atoms with Gasteiger partial charge in [0.25, 0.3) is 0 Å². The van der Waals surface area contributed by atoms with Crippen LogP contribution in [-0.4, -0.2) is 30.4 Å². The lowest BCUT2D eigenvalue weighted by Crippen LogP contribution is -2.41. The first-order chi connectivity index (χ1) is 9.16. The van der Waals surface area contributed by atoms with Gasteiger partial charge in [-0.25, -0.2) is 0 Å². The number of nitrogens with zero attached hydrogens (tertiary/aromatic N) is 1. The number of hydrogen-bond donors (Lipinski definition) is 0. The molecule has 20 heavy (non-hydrogen) atoms. The van der Waals surface area contributed by atoms with Crippen LogP contribution in [0.25, 0.3) is 0 Å². The van der Waals surface area contributed by atoms with E-state index in [-0.39, 0.29) is 24.4 Å². The van der Waals surface area contributed by atoms with Crippen LogP contribution in [0.3, 0.4) is 0 Å². The Labute approximate surface area is 122 Å². The van der Waals surface area contributed by atoms with Crippen LogP contribution in [0.1, 0.15) is 52.1 Å². The van der Waals surface area contributed by atoms with Crippen molar-refractivity contribution in [1.29, 1.82) is 0 Å². The minimum Gasteiger partial charge on any atom is -0.399 e. The summed E-state index contributed by atoms with van der Waals surface area (Å²) in [5.41, 5.74) is 2.17. The van der Waals surface area contributed by atoms with Crippen LogP contribution in [0.5, 0.6) is 0 Å². The molecule has 5 heteroatoms. The summed E-state index contributed by atoms with van der Waals surface area (Å²) in [5, 5.41) is 0. The number of ether oxygens (including phenoxy) is 1. The molecule has 110 valence electrons. The fourth-order valence-electron chi connectivity index (χ4n) is 2.17. The summed E-state index contributed by atoms with van der Waals surface area (Å²) in [6.07, 6.45) is -0.0453. The molecular weight excluding hydrogens is 253 g/mol. The van der Waals surface area contributed by atoms with Crippen LogP contribution in [0.15, 0.2) is 12.1 Å². The largest absolute Gasteiger partial charge is 0.494 e. The Morgan fingerprint density at radius 2 is 1.70 bits per heavy atom. The highest BCUT2D eigenvalue weighted by Gasteiger charge is 2.51. The van der Waals surface area contributed by atoms with Crippen LogP contribution in [0, 0.1) is 6.92 Å². The molecule has 0 bridgehead atoms. The van der Waals surface area contributed by atoms with Gasteiger partial charge < -0.3 is 14.0 Å². The summed E-state index contributed by atoms with van der Waals surface area (Å²) in [5.74, 6) is 0. The maximum atomic E-state index is 6.08. The van der Waals surface area contributed by atoms with Crippen molar-refractivity contribution in [1.82, 2.24) is 4.98 Å². The first kappa shape index (κ1) is 15.5. The lowest BCUT2D eigenvalue weighted by atomic mass is 9.78. The van der Waals surface area contributed by atoms with Gasteiger partial charge in [-0.05, 0) is 59.1 Å². The monoisotopic (exact) mass is 277 g/mol. The van der Waals surface area contributed by atoms with Crippen molar-refractivity contribution in [3.63, 3.8) is 0 Å². The molecule has 1 aliphatic heterocycles. The van der Waals surface area contributed by atoms with E-state index in [9.17, 15) is 0 Å². The van der Waals surface area contributed by atoms with Crippen LogP contribution in [0.2, 0.25) is 0 Å². The second kappa shape index (κ2) is 5.13. The minimum absolute atomic E-state index is 0.0453. The predicted octanol–water partition coefficient (Wildman–Crippen LogP) is 2.40. The third kappa shape index (κ3) is 2.75. The summed E-state index contributed by atoms with van der Waals surface area (Å²) >= 11 is 0. The summed E-state index contributed by atoms with van der Waals surface area (Å²) < 4.78 is 17.5. The standard InChI is InChI=1S/C15H24BNO3/c1-10-8-12(9-13(17-10)11(2)18-7)16-19-14(3,4)15(5,6)20-16/h8-9,11H,1-7H3. The average molecular weight is 277 g/mol. The molecule has 0 spiro atoms. The number of pyridine rings is 1. The highest BCUT2D eigenvalue weighted by atomic mass is 16.7. The fourth-order valence-corrected chi connectivity index (χ4v) is 2.17. The highest BCUT2D eigenvalue weighted by molar-refractivity contribution is 6.62. The van der Waals surface area contributed by atoms with Crippen molar-refractivity contribution in [3.8, 4) is 0 Å². The Balaban J connectivity index is 2.33. The average Bonchev–Trinajstić information content (AvgIpc) is 2.57. The molecule has 1 unspecified atom stereocenters. The molecule has 1 fully saturated rings. The Morgan fingerprint density at radius 3 is 2.20 bits per heavy atom. The first-order valence-electron chi connectivity index (χ1n) is 7.03. The van der Waals surface area contributed by atoms with E-state index >= 15 is 0 Å². The fraction of sp³-hybridized carbons (Fsp3) is 0.667. The third-order valence-electron chi connectivity index (χ3n) is 4.29. The van der Waals surface area contributed by atoms with E-state index < -0.39 is 0 Å². The van der Waals surface area contributed by atoms with E-state index in [0.717, 1.165) is 16.9 Å². The molecule has 0 aromatic carbocycles. The SMILES string of the molecule is COC(C)c1cc(B2OC(C)(C)C(C)(C)O2)cc(C)n1. The predicted molar refractivity (Wildman–Crippen MR) is 80.1 cm³/mol. The van der Waals surface area contributed by atoms with Gasteiger partial charge in [-0.2, -0.15) is 0 Å². The van der Waals surface area contributed by atoms with Gasteiger partial charge in [0.05, 0.1) is 23.0 Å². The van der Waals surface area contributed by atoms with Gasteiger partial charge in [-0.3, -0.25) is 4.98 Å². The molecule has 0 radical (unpaired) electrons. The molecule has 0 N–H and O–H groups in total. The van der Waals surface area contributed by atoms with Gasteiger partial charge in [0.1, 0.15) is 0 Å². The zero-order valence-electron chi connectivity index (χ0n) is 13.5. The first-order valence-corrected chi connectivity index (χ1v) is 7.03. The molecule has 1 aliphatic rings. The smallest absolute Gasteiger partial charge is 0.399 e. The molecular formula is C15H24BNO3. The van der Waals surface area contributed by atoms with Gasteiger partial charge in [0.2, 0.25) is 0 Å². The second-order valence-corrected chi connectivity index (χ2v) is 6.43. The molecule has 2 rings (SSSR count). The van der Waals surface area contributed by atoms with Gasteiger partial charge in [0.15, 0.2) is 0 Å². The van der Waals surface area contributed by atoms with Crippen LogP contribution in [0.4, 0.5) is 0 Å². The van der Waals surface area contributed by atoms with E-state index in [0.29, 0.717) is 0 Å². The van der Waals surface area contributed by atoms with Crippen molar-refractivity contribution < 1.29 is 14.0 Å². The summed E-state index contributed by atoms with van der Waals surface area (Å²) in [6.45, 7) is 12.2. The van der Waals surface area contributed by atoms with Crippen LogP contribution in [-0.2, 0) is 14.0 Å². The minimum atomic E-state index is -0.357. The van der Waals surface area contributed by atoms with Gasteiger partial charge >= 0.3 is 7.12 Å². The van der Waals surface area contributed by atoms with Crippen molar-refractivity contribution in [2.75, 3.05) is 7.11 Å². The van der Waals surface area contributed by atoms with E-state index in [1.165, 1.54) is 0 Å². The highest BCUT2D eigenvalue weighted by Crippen LogP contribution is 2.36. The quantitative estimate of drug-likeness (QED) is 0.795. The Hall–Kier alpha value is -0.905. The topological polar surface area (TPSA) is 40.6 Å². The number of methoxy groups -OCH3 is 1. The Morgan fingerprint density at radius 1 is 1.15 bits per heavy atom. The number of hydrogen-bond acceptors (Lipinski definition) is 4. The zero-order chi connectivity index (χ0) is 15.1. The maximum absolute atomic E-state index is 6.08. The summed E-state index contributed by atoms with van der Waals surface area (Å²) in [7, 11) is 1.33. The van der Waals surface area contributed by atoms with Gasteiger partial charge in [-0.15, -0.1) is 0 Å². The summed E-state index contributed by atoms with van der Waals surface area (Å²) in [4.78, 5) is 4.51. The molecule has 1 aromatic rings. The van der Waals surface area contributed by atoms with Gasteiger partial charge in [-0.1, -0.05) is 0 Å². The van der Waals surface area contributed by atoms with E-state index in [1.54, 1.807) is 7.11 Å². The molecule has 0 amide bonds. The molecule has 4 nitrogen and oxygen atoms in total. The zero-order valence-corrected chi connectivity index (χ0v) is 13.5. The Bertz CT molecular complexity index is 486. The molecule has 1 aromatic heterocycles. The molecule has 1 atom stereocenters.